The SMILES string of the molecule is N#CCl.NCc1ccccc1O. The molecule has 0 aliphatic carbocycles. The number of halogens is 1. The number of nitriles is 1. The Kier molecular flexibility index (Phi) is 5.80. The van der Waals surface area contributed by atoms with Crippen LogP contribution in [0.15, 0.2) is 24.3 Å². The number of para-hydroxylation sites is 1. The van der Waals surface area contributed by atoms with Gasteiger partial charge in [-0.2, -0.15) is 5.26 Å². The van der Waals surface area contributed by atoms with Gasteiger partial charge in [0.2, 0.25) is 0 Å². The van der Waals surface area contributed by atoms with Crippen LogP contribution in [0, 0.1) is 10.8 Å². The van der Waals surface area contributed by atoms with Crippen LogP contribution in [0.25, 0.3) is 0 Å². The molecule has 0 bridgehead atoms. The molecular weight excluding hydrogens is 176 g/mol. The second-order valence-corrected chi connectivity index (χ2v) is 2.09. The molecule has 12 heavy (non-hydrogen) atoms. The van der Waals surface area contributed by atoms with Crippen LogP contribution in [0.4, 0.5) is 0 Å². The summed E-state index contributed by atoms with van der Waals surface area (Å²) in [4.78, 5) is 0. The number of hydrogen-bond acceptors (Lipinski definition) is 3. The van der Waals surface area contributed by atoms with Gasteiger partial charge in [0.15, 0.2) is 5.53 Å². The number of nitrogens with two attached hydrogens (primary N) is 1. The summed E-state index contributed by atoms with van der Waals surface area (Å²) in [5, 5.41) is 16.1. The molecule has 0 aromatic heterocycles. The first kappa shape index (κ1) is 10.8. The number of nitrogens with zero attached hydrogens (tertiary/aromatic N) is 1. The molecule has 1 aromatic rings. The van der Waals surface area contributed by atoms with Gasteiger partial charge in [0, 0.05) is 23.7 Å². The number of hydrogen-bond donors (Lipinski definition) is 2. The van der Waals surface area contributed by atoms with Crippen molar-refractivity contribution in [1.82, 2.24) is 0 Å². The van der Waals surface area contributed by atoms with Gasteiger partial charge in [-0.05, 0) is 6.07 Å². The normalized spacial score (nSPS) is 7.75. The Labute approximate surface area is 76.0 Å². The highest BCUT2D eigenvalue weighted by molar-refractivity contribution is 6.28. The van der Waals surface area contributed by atoms with E-state index in [-0.39, 0.29) is 5.75 Å². The molecule has 0 fully saturated rings. The van der Waals surface area contributed by atoms with E-state index in [9.17, 15) is 0 Å². The van der Waals surface area contributed by atoms with E-state index >= 15 is 0 Å². The molecule has 0 saturated heterocycles. The molecule has 1 rings (SSSR count). The first-order valence-electron chi connectivity index (χ1n) is 3.23. The zero-order valence-electron chi connectivity index (χ0n) is 6.37. The molecule has 0 aliphatic rings. The Hall–Kier alpha value is -1.24. The number of aromatic hydroxyl groups is 1. The van der Waals surface area contributed by atoms with Crippen molar-refractivity contribution in [3.63, 3.8) is 0 Å². The van der Waals surface area contributed by atoms with Gasteiger partial charge in [-0.3, -0.25) is 0 Å². The summed E-state index contributed by atoms with van der Waals surface area (Å²) < 4.78 is 0. The lowest BCUT2D eigenvalue weighted by Crippen LogP contribution is -1.95. The predicted octanol–water partition coefficient (Wildman–Crippen LogP) is 1.56. The second kappa shape index (κ2) is 6.47. The van der Waals surface area contributed by atoms with Crippen molar-refractivity contribution < 1.29 is 5.11 Å². The summed E-state index contributed by atoms with van der Waals surface area (Å²) in [6.07, 6.45) is 0. The fourth-order valence-corrected chi connectivity index (χ4v) is 0.683. The summed E-state index contributed by atoms with van der Waals surface area (Å²) in [6, 6.07) is 7.05. The molecule has 0 radical (unpaired) electrons. The lowest BCUT2D eigenvalue weighted by molar-refractivity contribution is 0.468. The van der Waals surface area contributed by atoms with E-state index in [0.29, 0.717) is 6.54 Å². The van der Waals surface area contributed by atoms with Crippen LogP contribution in [-0.2, 0) is 6.54 Å². The highest BCUT2D eigenvalue weighted by Crippen LogP contribution is 2.13. The highest BCUT2D eigenvalue weighted by Gasteiger charge is 1.92. The van der Waals surface area contributed by atoms with E-state index in [2.05, 4.69) is 11.6 Å². The Morgan fingerprint density at radius 3 is 2.33 bits per heavy atom. The van der Waals surface area contributed by atoms with E-state index in [0.717, 1.165) is 5.56 Å². The van der Waals surface area contributed by atoms with E-state index in [1.165, 1.54) is 5.53 Å². The van der Waals surface area contributed by atoms with E-state index in [1.807, 2.05) is 6.07 Å². The summed E-state index contributed by atoms with van der Waals surface area (Å²) in [6.45, 7) is 0.396. The second-order valence-electron chi connectivity index (χ2n) is 1.92. The van der Waals surface area contributed by atoms with Crippen molar-refractivity contribution >= 4 is 11.6 Å². The number of phenolic OH excluding ortho intramolecular Hbond substituents is 1. The van der Waals surface area contributed by atoms with Crippen molar-refractivity contribution in [3.8, 4) is 11.3 Å². The quantitative estimate of drug-likeness (QED) is 0.696. The van der Waals surface area contributed by atoms with Crippen LogP contribution in [-0.4, -0.2) is 5.11 Å². The Morgan fingerprint density at radius 1 is 1.50 bits per heavy atom. The number of rotatable bonds is 1. The molecule has 3 nitrogen and oxygen atoms in total. The summed E-state index contributed by atoms with van der Waals surface area (Å²) in [7, 11) is 0. The van der Waals surface area contributed by atoms with Crippen molar-refractivity contribution in [3.05, 3.63) is 29.8 Å². The van der Waals surface area contributed by atoms with Crippen LogP contribution < -0.4 is 5.73 Å². The molecule has 0 amide bonds. The third-order valence-electron chi connectivity index (χ3n) is 1.21. The van der Waals surface area contributed by atoms with Gasteiger partial charge in [0.25, 0.3) is 0 Å². The van der Waals surface area contributed by atoms with Crippen LogP contribution >= 0.6 is 11.6 Å². The minimum atomic E-state index is 0.278. The maximum Gasteiger partial charge on any atom is 0.173 e. The number of benzene rings is 1. The molecule has 1 aromatic carbocycles. The van der Waals surface area contributed by atoms with E-state index in [1.54, 1.807) is 18.2 Å². The van der Waals surface area contributed by atoms with Gasteiger partial charge in [-0.1, -0.05) is 18.2 Å². The zero-order chi connectivity index (χ0) is 9.40. The molecule has 0 atom stereocenters. The van der Waals surface area contributed by atoms with Gasteiger partial charge < -0.3 is 10.8 Å². The van der Waals surface area contributed by atoms with Gasteiger partial charge in [-0.25, -0.2) is 0 Å². The molecule has 4 heteroatoms. The lowest BCUT2D eigenvalue weighted by atomic mass is 10.2. The summed E-state index contributed by atoms with van der Waals surface area (Å²) >= 11 is 4.30. The Bertz CT molecular complexity index is 270. The minimum absolute atomic E-state index is 0.278. The van der Waals surface area contributed by atoms with Crippen molar-refractivity contribution in [2.24, 2.45) is 5.73 Å². The third kappa shape index (κ3) is 3.81. The van der Waals surface area contributed by atoms with Gasteiger partial charge in [-0.15, -0.1) is 0 Å². The molecule has 64 valence electrons. The maximum absolute atomic E-state index is 9.03. The van der Waals surface area contributed by atoms with Crippen molar-refractivity contribution in [2.75, 3.05) is 0 Å². The fourth-order valence-electron chi connectivity index (χ4n) is 0.683. The zero-order valence-corrected chi connectivity index (χ0v) is 7.12. The van der Waals surface area contributed by atoms with Crippen LogP contribution in [0.3, 0.4) is 0 Å². The largest absolute Gasteiger partial charge is 0.508 e. The lowest BCUT2D eigenvalue weighted by Gasteiger charge is -1.97. The van der Waals surface area contributed by atoms with Gasteiger partial charge in [0.1, 0.15) is 5.75 Å². The van der Waals surface area contributed by atoms with Crippen LogP contribution in [0.2, 0.25) is 0 Å². The van der Waals surface area contributed by atoms with Crippen molar-refractivity contribution in [1.29, 1.82) is 5.26 Å². The van der Waals surface area contributed by atoms with Gasteiger partial charge >= 0.3 is 0 Å². The summed E-state index contributed by atoms with van der Waals surface area (Å²) in [5.74, 6) is 0.278. The molecular formula is C8H9ClN2O. The monoisotopic (exact) mass is 184 g/mol. The maximum atomic E-state index is 9.03. The summed E-state index contributed by atoms with van der Waals surface area (Å²) in [5.41, 5.74) is 7.30. The molecule has 0 saturated carbocycles. The molecule has 0 aliphatic heterocycles. The topological polar surface area (TPSA) is 70.0 Å². The Balaban J connectivity index is 0.000000354. The van der Waals surface area contributed by atoms with Crippen LogP contribution in [0.1, 0.15) is 5.56 Å². The molecule has 3 N–H and O–H groups in total. The molecule has 0 spiro atoms. The Morgan fingerprint density at radius 2 is 2.00 bits per heavy atom. The standard InChI is InChI=1S/C7H9NO.CClN/c8-5-6-3-1-2-4-7(6)9;2-1-3/h1-4,9H,5,8H2;. The van der Waals surface area contributed by atoms with E-state index < -0.39 is 0 Å². The minimum Gasteiger partial charge on any atom is -0.508 e. The average molecular weight is 185 g/mol. The fraction of sp³-hybridized carbons (Fsp3) is 0.125. The average Bonchev–Trinajstić information content (AvgIpc) is 2.07. The highest BCUT2D eigenvalue weighted by atomic mass is 35.5. The van der Waals surface area contributed by atoms with Gasteiger partial charge in [0.05, 0.1) is 0 Å². The first-order chi connectivity index (χ1) is 5.76. The first-order valence-corrected chi connectivity index (χ1v) is 3.60. The number of phenols is 1. The van der Waals surface area contributed by atoms with E-state index in [4.69, 9.17) is 16.1 Å². The van der Waals surface area contributed by atoms with Crippen LogP contribution in [0.5, 0.6) is 5.75 Å². The third-order valence-corrected chi connectivity index (χ3v) is 1.21. The predicted molar refractivity (Wildman–Crippen MR) is 47.5 cm³/mol. The smallest absolute Gasteiger partial charge is 0.173 e. The van der Waals surface area contributed by atoms with Crippen molar-refractivity contribution in [2.45, 2.75) is 6.54 Å². The molecule has 0 heterocycles. The molecule has 0 unspecified atom stereocenters.